The van der Waals surface area contributed by atoms with Crippen molar-refractivity contribution in [1.29, 1.82) is 0 Å². The molecule has 0 aliphatic carbocycles. The predicted octanol–water partition coefficient (Wildman–Crippen LogP) is 4.68. The molecule has 2 N–H and O–H groups in total. The Kier molecular flexibility index (Phi) is 6.12. The van der Waals surface area contributed by atoms with E-state index in [1.54, 1.807) is 18.4 Å². The highest BCUT2D eigenvalue weighted by molar-refractivity contribution is 7.08. The van der Waals surface area contributed by atoms with Crippen molar-refractivity contribution < 1.29 is 9.53 Å². The van der Waals surface area contributed by atoms with Gasteiger partial charge in [-0.05, 0) is 64.2 Å². The number of nitrogens with one attached hydrogen (secondary N) is 2. The first-order valence-corrected chi connectivity index (χ1v) is 10.7. The van der Waals surface area contributed by atoms with Gasteiger partial charge in [-0.25, -0.2) is 4.79 Å². The second kappa shape index (κ2) is 9.11. The Hall–Kier alpha value is -2.83. The van der Waals surface area contributed by atoms with E-state index in [-0.39, 0.29) is 12.1 Å². The average Bonchev–Trinajstić information content (AvgIpc) is 3.29. The maximum atomic E-state index is 12.5. The number of carbonyl (C=O) groups excluding carboxylic acids is 1. The number of ether oxygens (including phenoxy) is 1. The summed E-state index contributed by atoms with van der Waals surface area (Å²) in [4.78, 5) is 14.9. The van der Waals surface area contributed by atoms with E-state index in [9.17, 15) is 4.79 Å². The number of hydrogen-bond acceptors (Lipinski definition) is 4. The van der Waals surface area contributed by atoms with Crippen molar-refractivity contribution in [2.45, 2.75) is 19.0 Å². The summed E-state index contributed by atoms with van der Waals surface area (Å²) in [5.41, 5.74) is 4.79. The van der Waals surface area contributed by atoms with Gasteiger partial charge in [0.25, 0.3) is 0 Å². The van der Waals surface area contributed by atoms with Crippen molar-refractivity contribution in [3.05, 3.63) is 82.0 Å². The third kappa shape index (κ3) is 4.78. The zero-order valence-electron chi connectivity index (χ0n) is 16.4. The zero-order valence-corrected chi connectivity index (χ0v) is 17.2. The van der Waals surface area contributed by atoms with Gasteiger partial charge >= 0.3 is 6.03 Å². The van der Waals surface area contributed by atoms with E-state index in [0.717, 1.165) is 30.9 Å². The normalized spacial score (nSPS) is 14.7. The Balaban J connectivity index is 1.41. The first-order valence-electron chi connectivity index (χ1n) is 9.75. The van der Waals surface area contributed by atoms with Gasteiger partial charge in [-0.3, -0.25) is 4.90 Å². The van der Waals surface area contributed by atoms with Crippen molar-refractivity contribution in [1.82, 2.24) is 10.2 Å². The van der Waals surface area contributed by atoms with Gasteiger partial charge < -0.3 is 15.4 Å². The molecule has 0 saturated carbocycles. The topological polar surface area (TPSA) is 53.6 Å². The fourth-order valence-electron chi connectivity index (χ4n) is 3.74. The molecule has 1 aliphatic heterocycles. The van der Waals surface area contributed by atoms with E-state index in [4.69, 9.17) is 4.74 Å². The van der Waals surface area contributed by atoms with Crippen LogP contribution in [0.25, 0.3) is 0 Å². The number of methoxy groups -OCH3 is 1. The Morgan fingerprint density at radius 1 is 1.14 bits per heavy atom. The SMILES string of the molecule is COc1ccc(NC(=O)NCC(c2ccsc2)N2CCc3ccccc3C2)cc1. The first kappa shape index (κ1) is 19.5. The predicted molar refractivity (Wildman–Crippen MR) is 118 cm³/mol. The van der Waals surface area contributed by atoms with E-state index in [0.29, 0.717) is 6.54 Å². The highest BCUT2D eigenvalue weighted by atomic mass is 32.1. The molecule has 0 spiro atoms. The summed E-state index contributed by atoms with van der Waals surface area (Å²) in [6.07, 6.45) is 1.04. The van der Waals surface area contributed by atoms with Gasteiger partial charge in [0.05, 0.1) is 13.2 Å². The second-order valence-electron chi connectivity index (χ2n) is 7.13. The van der Waals surface area contributed by atoms with Crippen LogP contribution in [0.4, 0.5) is 10.5 Å². The van der Waals surface area contributed by atoms with Crippen molar-refractivity contribution in [3.63, 3.8) is 0 Å². The van der Waals surface area contributed by atoms with E-state index in [1.807, 2.05) is 24.3 Å². The number of nitrogens with zero attached hydrogens (tertiary/aromatic N) is 1. The number of urea groups is 1. The standard InChI is InChI=1S/C23H25N3O2S/c1-28-21-8-6-20(7-9-21)25-23(27)24-14-22(19-11-13-29-16-19)26-12-10-17-4-2-3-5-18(17)15-26/h2-9,11,13,16,22H,10,12,14-15H2,1H3,(H2,24,25,27). The minimum Gasteiger partial charge on any atom is -0.497 e. The summed E-state index contributed by atoms with van der Waals surface area (Å²) in [6.45, 7) is 2.44. The van der Waals surface area contributed by atoms with Crippen molar-refractivity contribution in [2.75, 3.05) is 25.5 Å². The molecule has 0 bridgehead atoms. The van der Waals surface area contributed by atoms with Crippen LogP contribution in [0.15, 0.2) is 65.4 Å². The van der Waals surface area contributed by atoms with E-state index >= 15 is 0 Å². The number of anilines is 1. The van der Waals surface area contributed by atoms with Gasteiger partial charge in [-0.2, -0.15) is 11.3 Å². The Morgan fingerprint density at radius 3 is 2.66 bits per heavy atom. The molecular formula is C23H25N3O2S. The smallest absolute Gasteiger partial charge is 0.319 e. The lowest BCUT2D eigenvalue weighted by Crippen LogP contribution is -2.41. The summed E-state index contributed by atoms with van der Waals surface area (Å²) in [7, 11) is 1.62. The summed E-state index contributed by atoms with van der Waals surface area (Å²) >= 11 is 1.69. The first-order chi connectivity index (χ1) is 14.2. The lowest BCUT2D eigenvalue weighted by Gasteiger charge is -2.35. The molecule has 150 valence electrons. The van der Waals surface area contributed by atoms with Gasteiger partial charge in [0.2, 0.25) is 0 Å². The fraction of sp³-hybridized carbons (Fsp3) is 0.261. The molecule has 1 unspecified atom stereocenters. The van der Waals surface area contributed by atoms with Gasteiger partial charge in [0.15, 0.2) is 0 Å². The van der Waals surface area contributed by atoms with Crippen LogP contribution >= 0.6 is 11.3 Å². The fourth-order valence-corrected chi connectivity index (χ4v) is 4.45. The second-order valence-corrected chi connectivity index (χ2v) is 7.91. The van der Waals surface area contributed by atoms with Gasteiger partial charge in [-0.1, -0.05) is 24.3 Å². The summed E-state index contributed by atoms with van der Waals surface area (Å²) in [5, 5.41) is 10.2. The number of amides is 2. The summed E-state index contributed by atoms with van der Waals surface area (Å²) in [5.74, 6) is 0.763. The summed E-state index contributed by atoms with van der Waals surface area (Å²) in [6, 6.07) is 18.0. The molecule has 3 aromatic rings. The Bertz CT molecular complexity index is 941. The van der Waals surface area contributed by atoms with Gasteiger partial charge in [0.1, 0.15) is 5.75 Å². The Morgan fingerprint density at radius 2 is 1.93 bits per heavy atom. The molecule has 29 heavy (non-hydrogen) atoms. The van der Waals surface area contributed by atoms with Crippen LogP contribution in [0, 0.1) is 0 Å². The molecule has 2 heterocycles. The highest BCUT2D eigenvalue weighted by Gasteiger charge is 2.25. The number of thiophene rings is 1. The molecule has 1 atom stereocenters. The molecule has 1 aromatic heterocycles. The number of carbonyl (C=O) groups is 1. The van der Waals surface area contributed by atoms with Crippen LogP contribution in [0.2, 0.25) is 0 Å². The van der Waals surface area contributed by atoms with Crippen LogP contribution in [-0.4, -0.2) is 31.1 Å². The van der Waals surface area contributed by atoms with Gasteiger partial charge in [0, 0.05) is 25.3 Å². The average molecular weight is 408 g/mol. The number of hydrogen-bond donors (Lipinski definition) is 2. The van der Waals surface area contributed by atoms with E-state index < -0.39 is 0 Å². The van der Waals surface area contributed by atoms with E-state index in [2.05, 4.69) is 56.6 Å². The lowest BCUT2D eigenvalue weighted by molar-refractivity contribution is 0.176. The third-order valence-electron chi connectivity index (χ3n) is 5.33. The highest BCUT2D eigenvalue weighted by Crippen LogP contribution is 2.28. The number of rotatable bonds is 6. The molecule has 0 saturated heterocycles. The molecule has 1 aliphatic rings. The monoisotopic (exact) mass is 407 g/mol. The minimum atomic E-state index is -0.201. The Labute approximate surface area is 175 Å². The van der Waals surface area contributed by atoms with Crippen LogP contribution in [0.5, 0.6) is 5.75 Å². The van der Waals surface area contributed by atoms with Crippen molar-refractivity contribution >= 4 is 23.1 Å². The minimum absolute atomic E-state index is 0.149. The van der Waals surface area contributed by atoms with E-state index in [1.165, 1.54) is 16.7 Å². The molecule has 4 rings (SSSR count). The molecular weight excluding hydrogens is 382 g/mol. The lowest BCUT2D eigenvalue weighted by atomic mass is 9.97. The summed E-state index contributed by atoms with van der Waals surface area (Å²) < 4.78 is 5.15. The van der Waals surface area contributed by atoms with Crippen molar-refractivity contribution in [3.8, 4) is 5.75 Å². The van der Waals surface area contributed by atoms with Crippen LogP contribution in [0.1, 0.15) is 22.7 Å². The molecule has 2 amide bonds. The van der Waals surface area contributed by atoms with Gasteiger partial charge in [-0.15, -0.1) is 0 Å². The van der Waals surface area contributed by atoms with Crippen molar-refractivity contribution in [2.24, 2.45) is 0 Å². The number of benzene rings is 2. The zero-order chi connectivity index (χ0) is 20.1. The van der Waals surface area contributed by atoms with Crippen LogP contribution in [0.3, 0.4) is 0 Å². The molecule has 0 fully saturated rings. The van der Waals surface area contributed by atoms with Crippen LogP contribution < -0.4 is 15.4 Å². The third-order valence-corrected chi connectivity index (χ3v) is 6.03. The maximum Gasteiger partial charge on any atom is 0.319 e. The molecule has 2 aromatic carbocycles. The largest absolute Gasteiger partial charge is 0.497 e. The molecule has 5 nitrogen and oxygen atoms in total. The number of fused-ring (bicyclic) bond motifs is 1. The maximum absolute atomic E-state index is 12.5. The quantitative estimate of drug-likeness (QED) is 0.624. The molecule has 0 radical (unpaired) electrons. The van der Waals surface area contributed by atoms with Crippen LogP contribution in [-0.2, 0) is 13.0 Å². The molecule has 6 heteroatoms.